The van der Waals surface area contributed by atoms with Gasteiger partial charge in [-0.3, -0.25) is 5.32 Å². The summed E-state index contributed by atoms with van der Waals surface area (Å²) >= 11 is 1.62. The molecule has 0 fully saturated rings. The third-order valence-electron chi connectivity index (χ3n) is 1.96. The van der Waals surface area contributed by atoms with Gasteiger partial charge in [-0.25, -0.2) is 9.78 Å². The zero-order chi connectivity index (χ0) is 14.3. The van der Waals surface area contributed by atoms with E-state index in [-0.39, 0.29) is 6.61 Å². The summed E-state index contributed by atoms with van der Waals surface area (Å²) in [6, 6.07) is 3.68. The Morgan fingerprint density at radius 2 is 2.26 bits per heavy atom. The van der Waals surface area contributed by atoms with Crippen LogP contribution in [0.2, 0.25) is 0 Å². The minimum absolute atomic E-state index is 0.165. The van der Waals surface area contributed by atoms with Crippen LogP contribution in [0.5, 0.6) is 0 Å². The van der Waals surface area contributed by atoms with E-state index < -0.39 is 11.7 Å². The van der Waals surface area contributed by atoms with Gasteiger partial charge in [0.05, 0.1) is 6.61 Å². The fraction of sp³-hybridized carbons (Fsp3) is 0.538. The zero-order valence-electron chi connectivity index (χ0n) is 11.5. The molecular formula is C13H20N2O3S. The normalized spacial score (nSPS) is 11.2. The second kappa shape index (κ2) is 7.35. The number of pyridine rings is 1. The van der Waals surface area contributed by atoms with Crippen LogP contribution in [-0.4, -0.2) is 34.1 Å². The number of aromatic nitrogens is 1. The Kier molecular flexibility index (Phi) is 6.11. The number of hydrogen-bond acceptors (Lipinski definition) is 5. The van der Waals surface area contributed by atoms with Crippen LogP contribution in [0.15, 0.2) is 18.3 Å². The van der Waals surface area contributed by atoms with Gasteiger partial charge in [0.15, 0.2) is 0 Å². The van der Waals surface area contributed by atoms with Crippen molar-refractivity contribution in [2.45, 2.75) is 32.1 Å². The number of thioether (sulfide) groups is 1. The second-order valence-corrected chi connectivity index (χ2v) is 6.06. The minimum Gasteiger partial charge on any atom is -0.444 e. The van der Waals surface area contributed by atoms with Crippen molar-refractivity contribution < 1.29 is 14.6 Å². The SMILES string of the molecule is CC(C)(C)OC(=O)Nc1cc(CSCCO)ccn1. The number of hydrogen-bond donors (Lipinski definition) is 2. The Labute approximate surface area is 117 Å². The molecule has 0 unspecified atom stereocenters. The molecule has 1 rings (SSSR count). The van der Waals surface area contributed by atoms with Crippen LogP contribution in [-0.2, 0) is 10.5 Å². The fourth-order valence-electron chi connectivity index (χ4n) is 1.30. The Hall–Kier alpha value is -1.27. The van der Waals surface area contributed by atoms with Crippen LogP contribution < -0.4 is 5.32 Å². The van der Waals surface area contributed by atoms with Crippen molar-refractivity contribution in [3.63, 3.8) is 0 Å². The number of rotatable bonds is 5. The van der Waals surface area contributed by atoms with E-state index in [1.165, 1.54) is 0 Å². The molecule has 0 spiro atoms. The summed E-state index contributed by atoms with van der Waals surface area (Å²) in [4.78, 5) is 15.7. The van der Waals surface area contributed by atoms with Gasteiger partial charge in [-0.2, -0.15) is 11.8 Å². The van der Waals surface area contributed by atoms with Crippen LogP contribution in [0.25, 0.3) is 0 Å². The van der Waals surface area contributed by atoms with Crippen molar-refractivity contribution in [3.05, 3.63) is 23.9 Å². The van der Waals surface area contributed by atoms with Crippen molar-refractivity contribution in [2.24, 2.45) is 0 Å². The topological polar surface area (TPSA) is 71.5 Å². The molecule has 0 saturated heterocycles. The summed E-state index contributed by atoms with van der Waals surface area (Å²) in [6.07, 6.45) is 1.13. The summed E-state index contributed by atoms with van der Waals surface area (Å²) in [5, 5.41) is 11.3. The molecule has 106 valence electrons. The highest BCUT2D eigenvalue weighted by Gasteiger charge is 2.16. The number of nitrogens with zero attached hydrogens (tertiary/aromatic N) is 1. The van der Waals surface area contributed by atoms with Gasteiger partial charge in [0, 0.05) is 17.7 Å². The monoisotopic (exact) mass is 284 g/mol. The summed E-state index contributed by atoms with van der Waals surface area (Å²) in [5.41, 5.74) is 0.512. The summed E-state index contributed by atoms with van der Waals surface area (Å²) in [7, 11) is 0. The van der Waals surface area contributed by atoms with Crippen molar-refractivity contribution in [1.29, 1.82) is 0 Å². The third-order valence-corrected chi connectivity index (χ3v) is 2.97. The highest BCUT2D eigenvalue weighted by Crippen LogP contribution is 2.15. The molecule has 0 saturated carbocycles. The molecule has 6 heteroatoms. The van der Waals surface area contributed by atoms with Crippen molar-refractivity contribution >= 4 is 23.7 Å². The maximum absolute atomic E-state index is 11.6. The predicted molar refractivity (Wildman–Crippen MR) is 77.3 cm³/mol. The molecular weight excluding hydrogens is 264 g/mol. The molecule has 19 heavy (non-hydrogen) atoms. The molecule has 0 aliphatic carbocycles. The van der Waals surface area contributed by atoms with Gasteiger partial charge in [-0.05, 0) is 38.5 Å². The first-order chi connectivity index (χ1) is 8.90. The van der Waals surface area contributed by atoms with Crippen LogP contribution >= 0.6 is 11.8 Å². The maximum Gasteiger partial charge on any atom is 0.413 e. The number of carbonyl (C=O) groups is 1. The van der Waals surface area contributed by atoms with Gasteiger partial charge in [-0.1, -0.05) is 0 Å². The molecule has 0 bridgehead atoms. The number of anilines is 1. The van der Waals surface area contributed by atoms with E-state index in [1.54, 1.807) is 24.0 Å². The Bertz CT molecular complexity index is 419. The van der Waals surface area contributed by atoms with Crippen LogP contribution in [0.1, 0.15) is 26.3 Å². The van der Waals surface area contributed by atoms with Crippen LogP contribution in [0.3, 0.4) is 0 Å². The van der Waals surface area contributed by atoms with Gasteiger partial charge in [0.1, 0.15) is 11.4 Å². The molecule has 1 amide bonds. The molecule has 1 aromatic heterocycles. The lowest BCUT2D eigenvalue weighted by atomic mass is 10.2. The van der Waals surface area contributed by atoms with Gasteiger partial charge in [0.2, 0.25) is 0 Å². The van der Waals surface area contributed by atoms with Gasteiger partial charge in [0.25, 0.3) is 0 Å². The number of ether oxygens (including phenoxy) is 1. The van der Waals surface area contributed by atoms with E-state index in [1.807, 2.05) is 26.8 Å². The largest absolute Gasteiger partial charge is 0.444 e. The fourth-order valence-corrected chi connectivity index (χ4v) is 1.98. The number of nitrogens with one attached hydrogen (secondary N) is 1. The van der Waals surface area contributed by atoms with E-state index in [9.17, 15) is 4.79 Å². The molecule has 0 aliphatic heterocycles. The Balaban J connectivity index is 2.54. The highest BCUT2D eigenvalue weighted by atomic mass is 32.2. The number of aliphatic hydroxyl groups excluding tert-OH is 1. The molecule has 0 atom stereocenters. The molecule has 5 nitrogen and oxygen atoms in total. The van der Waals surface area contributed by atoms with Crippen molar-refractivity contribution in [1.82, 2.24) is 4.98 Å². The van der Waals surface area contributed by atoms with E-state index >= 15 is 0 Å². The third kappa shape index (κ3) is 7.03. The molecule has 2 N–H and O–H groups in total. The van der Waals surface area contributed by atoms with Crippen LogP contribution in [0.4, 0.5) is 10.6 Å². The van der Waals surface area contributed by atoms with Gasteiger partial charge < -0.3 is 9.84 Å². The average molecular weight is 284 g/mol. The van der Waals surface area contributed by atoms with Gasteiger partial charge in [-0.15, -0.1) is 0 Å². The van der Waals surface area contributed by atoms with Crippen LogP contribution in [0, 0.1) is 0 Å². The van der Waals surface area contributed by atoms with Gasteiger partial charge >= 0.3 is 6.09 Å². The quantitative estimate of drug-likeness (QED) is 0.813. The molecule has 1 heterocycles. The van der Waals surface area contributed by atoms with E-state index in [0.29, 0.717) is 11.6 Å². The average Bonchev–Trinajstić information content (AvgIpc) is 2.27. The van der Waals surface area contributed by atoms with E-state index in [4.69, 9.17) is 9.84 Å². The lowest BCUT2D eigenvalue weighted by molar-refractivity contribution is 0.0635. The summed E-state index contributed by atoms with van der Waals surface area (Å²) in [5.74, 6) is 1.93. The van der Waals surface area contributed by atoms with E-state index in [2.05, 4.69) is 10.3 Å². The lowest BCUT2D eigenvalue weighted by Gasteiger charge is -2.19. The first-order valence-electron chi connectivity index (χ1n) is 6.04. The van der Waals surface area contributed by atoms with Crippen molar-refractivity contribution in [3.8, 4) is 0 Å². The lowest BCUT2D eigenvalue weighted by Crippen LogP contribution is -2.27. The first-order valence-corrected chi connectivity index (χ1v) is 7.20. The summed E-state index contributed by atoms with van der Waals surface area (Å²) < 4.78 is 5.15. The highest BCUT2D eigenvalue weighted by molar-refractivity contribution is 7.98. The Morgan fingerprint density at radius 1 is 1.53 bits per heavy atom. The number of carbonyl (C=O) groups excluding carboxylic acids is 1. The zero-order valence-corrected chi connectivity index (χ0v) is 12.3. The molecule has 1 aromatic rings. The minimum atomic E-state index is -0.529. The predicted octanol–water partition coefficient (Wildman–Crippen LogP) is 2.65. The smallest absolute Gasteiger partial charge is 0.413 e. The standard InChI is InChI=1S/C13H20N2O3S/c1-13(2,3)18-12(17)15-11-8-10(4-5-14-11)9-19-7-6-16/h4-5,8,16H,6-7,9H2,1-3H3,(H,14,15,17). The van der Waals surface area contributed by atoms with E-state index in [0.717, 1.165) is 11.3 Å². The summed E-state index contributed by atoms with van der Waals surface area (Å²) in [6.45, 7) is 5.59. The Morgan fingerprint density at radius 3 is 2.89 bits per heavy atom. The molecule has 0 aliphatic rings. The second-order valence-electron chi connectivity index (χ2n) is 4.95. The first kappa shape index (κ1) is 15.8. The number of amides is 1. The molecule has 0 radical (unpaired) electrons. The van der Waals surface area contributed by atoms with Crippen molar-refractivity contribution in [2.75, 3.05) is 17.7 Å². The molecule has 0 aromatic carbocycles. The maximum atomic E-state index is 11.6. The number of aliphatic hydroxyl groups is 1.